The van der Waals surface area contributed by atoms with Crippen LogP contribution < -0.4 is 9.80 Å². The smallest absolute Gasteiger partial charge is 0.231 e. The van der Waals surface area contributed by atoms with Crippen molar-refractivity contribution in [2.24, 2.45) is 0 Å². The van der Waals surface area contributed by atoms with Crippen molar-refractivity contribution in [1.82, 2.24) is 15.0 Å². The highest BCUT2D eigenvalue weighted by atomic mass is 35.5. The first-order chi connectivity index (χ1) is 14.2. The zero-order chi connectivity index (χ0) is 21.3. The molecule has 0 saturated carbocycles. The Morgan fingerprint density at radius 3 is 1.10 bits per heavy atom. The van der Waals surface area contributed by atoms with Gasteiger partial charge in [-0.05, 0) is 63.0 Å². The summed E-state index contributed by atoms with van der Waals surface area (Å²) in [4.78, 5) is 17.3. The predicted octanol–water partition coefficient (Wildman–Crippen LogP) is 1.23. The zero-order valence-corrected chi connectivity index (χ0v) is 18.0. The Morgan fingerprint density at radius 1 is 0.517 bits per heavy atom. The molecular weight excluding hydrogens is 398 g/mol. The van der Waals surface area contributed by atoms with E-state index in [0.29, 0.717) is 63.8 Å². The van der Waals surface area contributed by atoms with E-state index >= 15 is 0 Å². The van der Waals surface area contributed by atoms with Crippen LogP contribution in [0.5, 0.6) is 0 Å². The Balaban J connectivity index is 2.98. The van der Waals surface area contributed by atoms with Gasteiger partial charge in [0.25, 0.3) is 0 Å². The summed E-state index contributed by atoms with van der Waals surface area (Å²) in [6.07, 6.45) is 5.95. The van der Waals surface area contributed by atoms with Crippen molar-refractivity contribution in [1.29, 1.82) is 0 Å². The normalized spacial score (nSPS) is 11.1. The highest BCUT2D eigenvalue weighted by molar-refractivity contribution is 6.28. The van der Waals surface area contributed by atoms with E-state index in [2.05, 4.69) is 15.0 Å². The van der Waals surface area contributed by atoms with Crippen molar-refractivity contribution in [3.8, 4) is 0 Å². The minimum absolute atomic E-state index is 0.119. The molecule has 10 heteroatoms. The monoisotopic (exact) mass is 433 g/mol. The Hall–Kier alpha value is -1.26. The molecule has 0 unspecified atom stereocenters. The third-order valence-electron chi connectivity index (χ3n) is 4.49. The second-order valence-electron chi connectivity index (χ2n) is 6.90. The summed E-state index contributed by atoms with van der Waals surface area (Å²) in [7, 11) is 0. The van der Waals surface area contributed by atoms with E-state index < -0.39 is 0 Å². The SMILES string of the molecule is OCCCCN(CCCCO)c1nc(Cl)nc(N(CCCCO)CCCCO)n1. The van der Waals surface area contributed by atoms with E-state index in [1.807, 2.05) is 9.80 Å². The second kappa shape index (κ2) is 16.5. The first kappa shape index (κ1) is 25.8. The van der Waals surface area contributed by atoms with Crippen LogP contribution in [0.15, 0.2) is 0 Å². The molecule has 29 heavy (non-hydrogen) atoms. The highest BCUT2D eigenvalue weighted by Crippen LogP contribution is 2.19. The van der Waals surface area contributed by atoms with Crippen LogP contribution in [0, 0.1) is 0 Å². The van der Waals surface area contributed by atoms with Gasteiger partial charge in [0, 0.05) is 52.6 Å². The number of anilines is 2. The Kier molecular flexibility index (Phi) is 14.7. The summed E-state index contributed by atoms with van der Waals surface area (Å²) in [6.45, 7) is 3.27. The molecule has 9 nitrogen and oxygen atoms in total. The number of halogens is 1. The van der Waals surface area contributed by atoms with Crippen LogP contribution in [0.3, 0.4) is 0 Å². The number of hydrogen-bond donors (Lipinski definition) is 4. The lowest BCUT2D eigenvalue weighted by molar-refractivity contribution is 0.282. The average molecular weight is 434 g/mol. The molecule has 0 saturated heterocycles. The van der Waals surface area contributed by atoms with Crippen LogP contribution in [0.25, 0.3) is 0 Å². The van der Waals surface area contributed by atoms with E-state index in [1.54, 1.807) is 0 Å². The summed E-state index contributed by atoms with van der Waals surface area (Å²) in [5, 5.41) is 36.4. The van der Waals surface area contributed by atoms with Gasteiger partial charge in [0.1, 0.15) is 0 Å². The van der Waals surface area contributed by atoms with Gasteiger partial charge in [0.05, 0.1) is 0 Å². The van der Waals surface area contributed by atoms with Gasteiger partial charge in [-0.15, -0.1) is 0 Å². The molecule has 0 aromatic carbocycles. The lowest BCUT2D eigenvalue weighted by Gasteiger charge is -2.26. The van der Waals surface area contributed by atoms with Gasteiger partial charge >= 0.3 is 0 Å². The molecule has 0 bridgehead atoms. The van der Waals surface area contributed by atoms with E-state index in [-0.39, 0.29) is 31.7 Å². The van der Waals surface area contributed by atoms with Gasteiger partial charge in [-0.25, -0.2) is 0 Å². The van der Waals surface area contributed by atoms with Gasteiger partial charge in [-0.1, -0.05) is 0 Å². The molecule has 0 amide bonds. The summed E-state index contributed by atoms with van der Waals surface area (Å²) >= 11 is 6.21. The molecule has 0 aliphatic carbocycles. The number of aliphatic hydroxyl groups is 4. The van der Waals surface area contributed by atoms with Gasteiger partial charge in [0.15, 0.2) is 0 Å². The number of aromatic nitrogens is 3. The summed E-state index contributed by atoms with van der Waals surface area (Å²) < 4.78 is 0. The maximum atomic E-state index is 9.07. The summed E-state index contributed by atoms with van der Waals surface area (Å²) in [5.41, 5.74) is 0. The molecule has 0 spiro atoms. The van der Waals surface area contributed by atoms with E-state index in [0.717, 1.165) is 25.7 Å². The minimum atomic E-state index is 0.119. The van der Waals surface area contributed by atoms with E-state index in [9.17, 15) is 0 Å². The highest BCUT2D eigenvalue weighted by Gasteiger charge is 2.17. The quantitative estimate of drug-likeness (QED) is 0.253. The molecule has 0 atom stereocenters. The van der Waals surface area contributed by atoms with Crippen LogP contribution in [-0.4, -0.2) is 88.0 Å². The third-order valence-corrected chi connectivity index (χ3v) is 4.66. The molecule has 1 aromatic heterocycles. The fraction of sp³-hybridized carbons (Fsp3) is 0.842. The van der Waals surface area contributed by atoms with Gasteiger partial charge in [-0.3, -0.25) is 0 Å². The molecule has 1 rings (SSSR count). The zero-order valence-electron chi connectivity index (χ0n) is 17.2. The van der Waals surface area contributed by atoms with Crippen LogP contribution in [-0.2, 0) is 0 Å². The number of aliphatic hydroxyl groups excluding tert-OH is 4. The average Bonchev–Trinajstić information content (AvgIpc) is 2.71. The van der Waals surface area contributed by atoms with Crippen molar-refractivity contribution in [2.45, 2.75) is 51.4 Å². The number of unbranched alkanes of at least 4 members (excludes halogenated alkanes) is 4. The lowest BCUT2D eigenvalue weighted by atomic mass is 10.2. The molecule has 1 heterocycles. The Bertz CT molecular complexity index is 479. The van der Waals surface area contributed by atoms with Crippen molar-refractivity contribution in [2.75, 3.05) is 62.4 Å². The second-order valence-corrected chi connectivity index (χ2v) is 7.24. The molecular formula is C19H36ClN5O4. The van der Waals surface area contributed by atoms with Crippen molar-refractivity contribution < 1.29 is 20.4 Å². The fourth-order valence-corrected chi connectivity index (χ4v) is 3.04. The van der Waals surface area contributed by atoms with Gasteiger partial charge in [0.2, 0.25) is 17.2 Å². The molecule has 0 fully saturated rings. The Morgan fingerprint density at radius 2 is 0.828 bits per heavy atom. The molecule has 0 radical (unpaired) electrons. The number of hydrogen-bond acceptors (Lipinski definition) is 9. The van der Waals surface area contributed by atoms with Crippen LogP contribution in [0.2, 0.25) is 5.28 Å². The molecule has 4 N–H and O–H groups in total. The van der Waals surface area contributed by atoms with Crippen LogP contribution >= 0.6 is 11.6 Å². The first-order valence-corrected chi connectivity index (χ1v) is 10.9. The van der Waals surface area contributed by atoms with Crippen molar-refractivity contribution >= 4 is 23.5 Å². The lowest BCUT2D eigenvalue weighted by Crippen LogP contribution is -2.31. The molecule has 0 aliphatic heterocycles. The summed E-state index contributed by atoms with van der Waals surface area (Å²) in [6, 6.07) is 0. The van der Waals surface area contributed by atoms with Crippen LogP contribution in [0.4, 0.5) is 11.9 Å². The van der Waals surface area contributed by atoms with Gasteiger partial charge < -0.3 is 30.2 Å². The van der Waals surface area contributed by atoms with E-state index in [4.69, 9.17) is 32.0 Å². The number of rotatable bonds is 18. The predicted molar refractivity (Wildman–Crippen MR) is 115 cm³/mol. The van der Waals surface area contributed by atoms with Gasteiger partial charge in [-0.2, -0.15) is 15.0 Å². The largest absolute Gasteiger partial charge is 0.396 e. The number of nitrogens with zero attached hydrogens (tertiary/aromatic N) is 5. The third kappa shape index (κ3) is 10.9. The molecule has 0 aliphatic rings. The molecule has 168 valence electrons. The standard InChI is InChI=1S/C19H36ClN5O4/c20-17-21-18(24(9-1-5-13-26)10-2-6-14-27)23-19(22-17)25(11-3-7-15-28)12-4-8-16-29/h26-29H,1-16H2. The van der Waals surface area contributed by atoms with Crippen molar-refractivity contribution in [3.63, 3.8) is 0 Å². The summed E-state index contributed by atoms with van der Waals surface area (Å²) in [5.74, 6) is 0.982. The Labute approximate surface area is 178 Å². The first-order valence-electron chi connectivity index (χ1n) is 10.5. The molecule has 1 aromatic rings. The maximum absolute atomic E-state index is 9.07. The fourth-order valence-electron chi connectivity index (χ4n) is 2.89. The van der Waals surface area contributed by atoms with E-state index in [1.165, 1.54) is 0 Å². The minimum Gasteiger partial charge on any atom is -0.396 e. The topological polar surface area (TPSA) is 126 Å². The van der Waals surface area contributed by atoms with Crippen LogP contribution in [0.1, 0.15) is 51.4 Å². The van der Waals surface area contributed by atoms with Crippen molar-refractivity contribution in [3.05, 3.63) is 5.28 Å². The maximum Gasteiger partial charge on any atom is 0.231 e.